The molecule has 0 bridgehead atoms. The number of carbonyl (C=O) groups excluding carboxylic acids is 2. The van der Waals surface area contributed by atoms with E-state index < -0.39 is 0 Å². The van der Waals surface area contributed by atoms with Gasteiger partial charge in [0, 0.05) is 17.8 Å². The third-order valence-electron chi connectivity index (χ3n) is 3.73. The first kappa shape index (κ1) is 16.6. The van der Waals surface area contributed by atoms with Gasteiger partial charge in [0.1, 0.15) is 5.52 Å². The van der Waals surface area contributed by atoms with E-state index >= 15 is 0 Å². The van der Waals surface area contributed by atoms with Crippen LogP contribution in [0.1, 0.15) is 34.6 Å². The number of ether oxygens (including phenoxy) is 1. The fourth-order valence-corrected chi connectivity index (χ4v) is 2.45. The van der Waals surface area contributed by atoms with Crippen molar-refractivity contribution in [3.05, 3.63) is 53.6 Å². The van der Waals surface area contributed by atoms with Crippen LogP contribution in [0.15, 0.2) is 42.5 Å². The normalized spacial score (nSPS) is 10.6. The molecule has 7 nitrogen and oxygen atoms in total. The lowest BCUT2D eigenvalue weighted by Crippen LogP contribution is -2.12. The Kier molecular flexibility index (Phi) is 4.74. The highest BCUT2D eigenvalue weighted by molar-refractivity contribution is 6.06. The summed E-state index contributed by atoms with van der Waals surface area (Å²) in [5.74, 6) is -0.637. The van der Waals surface area contributed by atoms with Crippen LogP contribution in [0.25, 0.3) is 11.0 Å². The maximum absolute atomic E-state index is 12.4. The lowest BCUT2D eigenvalue weighted by molar-refractivity contribution is 0.0526. The average Bonchev–Trinajstić information content (AvgIpc) is 3.04. The number of amides is 1. The average molecular weight is 338 g/mol. The number of nitrogens with zero attached hydrogens (tertiary/aromatic N) is 3. The quantitative estimate of drug-likeness (QED) is 0.723. The standard InChI is InChI=1S/C18H18N4O3/c1-3-22-16-10-7-13(11-15(16)20-21-22)17(23)19-14-8-5-12(6-9-14)18(24)25-4-2/h5-11H,3-4H2,1-2H3,(H,19,23). The SMILES string of the molecule is CCOC(=O)c1ccc(NC(=O)c2ccc3c(c2)nnn3CC)cc1. The van der Waals surface area contributed by atoms with Crippen molar-refractivity contribution in [2.24, 2.45) is 0 Å². The van der Waals surface area contributed by atoms with Gasteiger partial charge in [-0.05, 0) is 56.3 Å². The van der Waals surface area contributed by atoms with E-state index in [1.165, 1.54) is 0 Å². The van der Waals surface area contributed by atoms with Crippen molar-refractivity contribution >= 4 is 28.6 Å². The van der Waals surface area contributed by atoms with Gasteiger partial charge >= 0.3 is 5.97 Å². The molecular formula is C18H18N4O3. The van der Waals surface area contributed by atoms with E-state index in [1.807, 2.05) is 13.0 Å². The van der Waals surface area contributed by atoms with E-state index in [9.17, 15) is 9.59 Å². The molecule has 3 rings (SSSR count). The van der Waals surface area contributed by atoms with Crippen LogP contribution in [0, 0.1) is 0 Å². The second-order valence-corrected chi connectivity index (χ2v) is 5.36. The van der Waals surface area contributed by atoms with Crippen LogP contribution in [-0.4, -0.2) is 33.5 Å². The van der Waals surface area contributed by atoms with Crippen molar-refractivity contribution in [1.29, 1.82) is 0 Å². The molecule has 0 spiro atoms. The molecule has 7 heteroatoms. The Morgan fingerprint density at radius 2 is 1.80 bits per heavy atom. The number of anilines is 1. The lowest BCUT2D eigenvalue weighted by Gasteiger charge is -2.07. The van der Waals surface area contributed by atoms with Gasteiger partial charge in [0.25, 0.3) is 5.91 Å². The Balaban J connectivity index is 1.74. The molecule has 0 aliphatic rings. The molecule has 0 unspecified atom stereocenters. The Bertz CT molecular complexity index is 916. The third-order valence-corrected chi connectivity index (χ3v) is 3.73. The lowest BCUT2D eigenvalue weighted by atomic mass is 10.1. The minimum absolute atomic E-state index is 0.253. The molecule has 1 N–H and O–H groups in total. The van der Waals surface area contributed by atoms with Gasteiger partial charge < -0.3 is 10.1 Å². The molecular weight excluding hydrogens is 320 g/mol. The zero-order chi connectivity index (χ0) is 17.8. The van der Waals surface area contributed by atoms with Crippen LogP contribution in [0.5, 0.6) is 0 Å². The van der Waals surface area contributed by atoms with Crippen molar-refractivity contribution in [2.45, 2.75) is 20.4 Å². The molecule has 0 fully saturated rings. The van der Waals surface area contributed by atoms with E-state index in [2.05, 4.69) is 15.6 Å². The van der Waals surface area contributed by atoms with Crippen LogP contribution < -0.4 is 5.32 Å². The van der Waals surface area contributed by atoms with Gasteiger partial charge in [-0.15, -0.1) is 5.10 Å². The number of benzene rings is 2. The molecule has 1 aromatic heterocycles. The summed E-state index contributed by atoms with van der Waals surface area (Å²) < 4.78 is 6.70. The summed E-state index contributed by atoms with van der Waals surface area (Å²) in [7, 11) is 0. The maximum atomic E-state index is 12.4. The molecule has 0 saturated carbocycles. The number of nitrogens with one attached hydrogen (secondary N) is 1. The highest BCUT2D eigenvalue weighted by Crippen LogP contribution is 2.16. The molecule has 2 aromatic carbocycles. The highest BCUT2D eigenvalue weighted by atomic mass is 16.5. The Morgan fingerprint density at radius 3 is 2.48 bits per heavy atom. The molecule has 0 atom stereocenters. The summed E-state index contributed by atoms with van der Waals surface area (Å²) in [5.41, 5.74) is 3.09. The summed E-state index contributed by atoms with van der Waals surface area (Å²) in [6, 6.07) is 11.8. The van der Waals surface area contributed by atoms with Gasteiger partial charge in [-0.3, -0.25) is 4.79 Å². The van der Waals surface area contributed by atoms with Gasteiger partial charge in [0.05, 0.1) is 17.7 Å². The summed E-state index contributed by atoms with van der Waals surface area (Å²) >= 11 is 0. The molecule has 0 radical (unpaired) electrons. The highest BCUT2D eigenvalue weighted by Gasteiger charge is 2.11. The second-order valence-electron chi connectivity index (χ2n) is 5.36. The smallest absolute Gasteiger partial charge is 0.338 e. The fourth-order valence-electron chi connectivity index (χ4n) is 2.45. The Morgan fingerprint density at radius 1 is 1.08 bits per heavy atom. The topological polar surface area (TPSA) is 86.1 Å². The summed E-state index contributed by atoms with van der Waals surface area (Å²) in [4.78, 5) is 24.0. The Hall–Kier alpha value is -3.22. The zero-order valence-electron chi connectivity index (χ0n) is 14.0. The van der Waals surface area contributed by atoms with E-state index in [4.69, 9.17) is 4.74 Å². The van der Waals surface area contributed by atoms with Crippen molar-refractivity contribution in [3.8, 4) is 0 Å². The van der Waals surface area contributed by atoms with Crippen LogP contribution in [-0.2, 0) is 11.3 Å². The monoisotopic (exact) mass is 338 g/mol. The molecule has 1 amide bonds. The first-order valence-corrected chi connectivity index (χ1v) is 8.04. The van der Waals surface area contributed by atoms with Crippen molar-refractivity contribution in [1.82, 2.24) is 15.0 Å². The van der Waals surface area contributed by atoms with Crippen molar-refractivity contribution < 1.29 is 14.3 Å². The zero-order valence-corrected chi connectivity index (χ0v) is 14.0. The fraction of sp³-hybridized carbons (Fsp3) is 0.222. The number of aromatic nitrogens is 3. The first-order chi connectivity index (χ1) is 12.1. The molecule has 0 aliphatic heterocycles. The number of esters is 1. The molecule has 3 aromatic rings. The van der Waals surface area contributed by atoms with Crippen LogP contribution in [0.2, 0.25) is 0 Å². The minimum Gasteiger partial charge on any atom is -0.462 e. The van der Waals surface area contributed by atoms with E-state index in [-0.39, 0.29) is 11.9 Å². The molecule has 128 valence electrons. The van der Waals surface area contributed by atoms with E-state index in [0.29, 0.717) is 28.9 Å². The largest absolute Gasteiger partial charge is 0.462 e. The van der Waals surface area contributed by atoms with Crippen LogP contribution in [0.3, 0.4) is 0 Å². The third kappa shape index (κ3) is 3.50. The maximum Gasteiger partial charge on any atom is 0.338 e. The van der Waals surface area contributed by atoms with Gasteiger partial charge in [-0.25, -0.2) is 9.48 Å². The van der Waals surface area contributed by atoms with E-state index in [1.54, 1.807) is 48.0 Å². The second kappa shape index (κ2) is 7.12. The number of rotatable bonds is 5. The molecule has 1 heterocycles. The summed E-state index contributed by atoms with van der Waals surface area (Å²) in [6.45, 7) is 4.77. The van der Waals surface area contributed by atoms with Crippen LogP contribution in [0.4, 0.5) is 5.69 Å². The van der Waals surface area contributed by atoms with Crippen LogP contribution >= 0.6 is 0 Å². The van der Waals surface area contributed by atoms with Crippen molar-refractivity contribution in [3.63, 3.8) is 0 Å². The molecule has 0 saturated heterocycles. The van der Waals surface area contributed by atoms with Gasteiger partial charge in [0.2, 0.25) is 0 Å². The Labute approximate surface area is 144 Å². The number of carbonyl (C=O) groups is 2. The number of hydrogen-bond donors (Lipinski definition) is 1. The predicted molar refractivity (Wildman–Crippen MR) is 93.6 cm³/mol. The predicted octanol–water partition coefficient (Wildman–Crippen LogP) is 2.88. The van der Waals surface area contributed by atoms with Crippen molar-refractivity contribution in [2.75, 3.05) is 11.9 Å². The number of hydrogen-bond acceptors (Lipinski definition) is 5. The number of aryl methyl sites for hydroxylation is 1. The molecule has 25 heavy (non-hydrogen) atoms. The summed E-state index contributed by atoms with van der Waals surface area (Å²) in [6.07, 6.45) is 0. The minimum atomic E-state index is -0.384. The first-order valence-electron chi connectivity index (χ1n) is 8.04. The van der Waals surface area contributed by atoms with Gasteiger partial charge in [-0.1, -0.05) is 5.21 Å². The molecule has 0 aliphatic carbocycles. The summed E-state index contributed by atoms with van der Waals surface area (Å²) in [5, 5.41) is 10.9. The van der Waals surface area contributed by atoms with E-state index in [0.717, 1.165) is 12.1 Å². The van der Waals surface area contributed by atoms with Gasteiger partial charge in [-0.2, -0.15) is 0 Å². The van der Waals surface area contributed by atoms with Gasteiger partial charge in [0.15, 0.2) is 0 Å². The number of fused-ring (bicyclic) bond motifs is 1.